The molecule has 2 atom stereocenters. The number of aromatic nitrogens is 4. The quantitative estimate of drug-likeness (QED) is 0.0241. The number of hydrogen-bond acceptors (Lipinski definition) is 20. The largest absolute Gasteiger partial charge is 0.505 e. The van der Waals surface area contributed by atoms with Crippen LogP contribution < -0.4 is 67.2 Å². The van der Waals surface area contributed by atoms with Gasteiger partial charge in [-0.05, 0) is 152 Å². The number of nitrogens with one attached hydrogen (secondary N) is 8. The van der Waals surface area contributed by atoms with E-state index in [4.69, 9.17) is 40.6 Å². The van der Waals surface area contributed by atoms with Crippen LogP contribution >= 0.6 is 47.8 Å². The van der Waals surface area contributed by atoms with E-state index >= 15 is 0 Å². The van der Waals surface area contributed by atoms with Crippen LogP contribution in [0.4, 0.5) is 36.6 Å². The Bertz CT molecular complexity index is 4170. The van der Waals surface area contributed by atoms with Crippen molar-refractivity contribution in [2.45, 2.75) is 64.2 Å². The lowest BCUT2D eigenvalue weighted by Gasteiger charge is -2.28. The van der Waals surface area contributed by atoms with E-state index in [-0.39, 0.29) is 67.2 Å². The van der Waals surface area contributed by atoms with Crippen molar-refractivity contribution in [3.63, 3.8) is 0 Å². The van der Waals surface area contributed by atoms with E-state index in [1.807, 2.05) is 20.8 Å². The van der Waals surface area contributed by atoms with Crippen LogP contribution in [0.3, 0.4) is 0 Å². The van der Waals surface area contributed by atoms with Crippen molar-refractivity contribution in [2.24, 2.45) is 0 Å². The van der Waals surface area contributed by atoms with Crippen LogP contribution in [0.25, 0.3) is 11.1 Å². The third-order valence-electron chi connectivity index (χ3n) is 14.2. The summed E-state index contributed by atoms with van der Waals surface area (Å²) in [7, 11) is 6.17. The van der Waals surface area contributed by atoms with E-state index in [1.54, 1.807) is 93.1 Å². The SMILES string of the molecule is C#C[C@]1(CN2Cc3ccc(OC)cc3C2=O)NC(=O)NC1=O.CCCC(=O)Cc1ccc2oc([C@]3(CN4Cc5ccc(OC)cc5C4=O)NC(=O)NC3=O)cc2n1.CCNC(=O)Nc1ccc(O)c(Br)n1.CCNC(=O)Nc1ccc(OC)c(Br)n1.COc1ccc(N)nc1Br. The summed E-state index contributed by atoms with van der Waals surface area (Å²) >= 11 is 9.46. The van der Waals surface area contributed by atoms with Gasteiger partial charge in [-0.2, -0.15) is 0 Å². The van der Waals surface area contributed by atoms with Gasteiger partial charge in [0.25, 0.3) is 23.6 Å². The molecule has 0 unspecified atom stereocenters. The third-order valence-corrected chi connectivity index (χ3v) is 15.9. The monoisotopic (exact) mass is 1510 g/mol. The fourth-order valence-electron chi connectivity index (χ4n) is 9.58. The Labute approximate surface area is 574 Å². The van der Waals surface area contributed by atoms with Crippen LogP contribution in [-0.4, -0.2) is 149 Å². The number of pyridine rings is 4. The molecular formula is C63H66Br3N15O15. The predicted molar refractivity (Wildman–Crippen MR) is 360 cm³/mol. The maximum atomic E-state index is 13.1. The highest BCUT2D eigenvalue weighted by atomic mass is 79.9. The molecule has 2 saturated heterocycles. The Morgan fingerprint density at radius 1 is 0.656 bits per heavy atom. The first-order valence-electron chi connectivity index (χ1n) is 29.1. The zero-order chi connectivity index (χ0) is 70.0. The molecule has 0 radical (unpaired) electrons. The van der Waals surface area contributed by atoms with E-state index in [9.17, 15) is 43.2 Å². The van der Waals surface area contributed by atoms with E-state index in [1.165, 1.54) is 36.2 Å². The normalized spacial score (nSPS) is 16.1. The molecule has 2 fully saturated rings. The molecule has 11 rings (SSSR count). The van der Waals surface area contributed by atoms with E-state index in [0.29, 0.717) is 108 Å². The molecule has 0 bridgehead atoms. The number of anilines is 3. The summed E-state index contributed by atoms with van der Waals surface area (Å²) in [6.45, 7) is 7.09. The lowest BCUT2D eigenvalue weighted by atomic mass is 9.95. The number of Topliss-reactive ketones (excluding diaryl/α,β-unsaturated/α-hetero) is 1. The Morgan fingerprint density at radius 3 is 1.67 bits per heavy atom. The predicted octanol–water partition coefficient (Wildman–Crippen LogP) is 7.42. The number of carbonyl (C=O) groups excluding carboxylic acids is 9. The number of urea groups is 4. The molecule has 33 heteroatoms. The van der Waals surface area contributed by atoms with Crippen LogP contribution in [0, 0.1) is 12.3 Å². The summed E-state index contributed by atoms with van der Waals surface area (Å²) in [5.41, 5.74) is 6.29. The van der Waals surface area contributed by atoms with E-state index in [2.05, 4.69) is 116 Å². The molecule has 5 aromatic heterocycles. The van der Waals surface area contributed by atoms with Crippen LogP contribution in [-0.2, 0) is 39.4 Å². The summed E-state index contributed by atoms with van der Waals surface area (Å²) in [6.07, 6.45) is 6.86. The third kappa shape index (κ3) is 18.0. The number of nitrogen functional groups attached to an aromatic ring is 1. The molecule has 4 aliphatic rings. The van der Waals surface area contributed by atoms with Crippen molar-refractivity contribution in [1.82, 2.24) is 61.6 Å². The fourth-order valence-corrected chi connectivity index (χ4v) is 10.9. The summed E-state index contributed by atoms with van der Waals surface area (Å²) in [5, 5.41) is 28.8. The van der Waals surface area contributed by atoms with Crippen LogP contribution in [0.1, 0.15) is 76.9 Å². The van der Waals surface area contributed by atoms with Gasteiger partial charge in [0, 0.05) is 61.9 Å². The lowest BCUT2D eigenvalue weighted by Crippen LogP contribution is -2.54. The van der Waals surface area contributed by atoms with Crippen LogP contribution in [0.15, 0.2) is 109 Å². The van der Waals surface area contributed by atoms with Crippen LogP contribution in [0.5, 0.6) is 28.7 Å². The zero-order valence-corrected chi connectivity index (χ0v) is 57.4. The lowest BCUT2D eigenvalue weighted by molar-refractivity contribution is -0.125. The van der Waals surface area contributed by atoms with Gasteiger partial charge in [-0.25, -0.2) is 39.1 Å². The minimum Gasteiger partial charge on any atom is -0.505 e. The molecule has 11 N–H and O–H groups in total. The Balaban J connectivity index is 0.000000183. The number of halogens is 3. The number of fused-ring (bicyclic) bond motifs is 3. The van der Waals surface area contributed by atoms with E-state index < -0.39 is 35.0 Å². The number of benzene rings is 2. The van der Waals surface area contributed by atoms with Crippen LogP contribution in [0.2, 0.25) is 0 Å². The van der Waals surface area contributed by atoms with Gasteiger partial charge in [0.2, 0.25) is 0 Å². The first kappa shape index (κ1) is 72.8. The standard InChI is InChI=1S/C25H24N4O6.C15H13N3O4.C9H12BrN3O2.C8H10BrN3O2.C6H7BrN2O/c1-3-4-16(30)9-15-6-8-20-19(26-15)11-21(35-20)25(23(32)27-24(33)28-25)13-29-12-14-5-7-17(34-2)10-18(14)22(29)31;1-3-15(13(20)16-14(21)17-15)8-18-7-9-4-5-10(22-2)6-11(9)12(18)19;1-3-11-9(14)13-7-5-4-6(15-2)8(10)12-7;1-2-10-8(14)12-6-4-3-5(13)7(9)11-6;1-10-4-2-3-5(8)9-6(4)7/h5-8,10-11H,3-4,9,12-13H2,1-2H3,(H2,27,28,32,33);1,4-6H,7-8H2,2H3,(H2,16,17,20,21);4-5H,3H2,1-2H3,(H2,11,12,13,14);3-4,13H,2H2,1H3,(H2,10,11,12,14);2-3H,1H3,(H2,8,9)/t25-;15-;;;/m01.../s1. The number of imide groups is 2. The molecule has 0 aliphatic carbocycles. The van der Waals surface area contributed by atoms with Gasteiger partial charge in [-0.1, -0.05) is 25.0 Å². The van der Waals surface area contributed by atoms with Gasteiger partial charge in [0.05, 0.1) is 41.5 Å². The summed E-state index contributed by atoms with van der Waals surface area (Å²) in [6, 6.07) is 23.2. The van der Waals surface area contributed by atoms with Crippen molar-refractivity contribution in [3.8, 4) is 41.1 Å². The number of nitrogens with zero attached hydrogens (tertiary/aromatic N) is 6. The Morgan fingerprint density at radius 2 is 1.19 bits per heavy atom. The van der Waals surface area contributed by atoms with Crippen molar-refractivity contribution in [2.75, 3.05) is 71.0 Å². The van der Waals surface area contributed by atoms with Gasteiger partial charge in [0.15, 0.2) is 28.2 Å². The maximum Gasteiger partial charge on any atom is 0.323 e. The topological polar surface area (TPSA) is 404 Å². The molecule has 2 aromatic carbocycles. The Hall–Kier alpha value is -10.6. The van der Waals surface area contributed by atoms with Crippen molar-refractivity contribution < 1.29 is 71.6 Å². The molecule has 4 aliphatic heterocycles. The van der Waals surface area contributed by atoms with Gasteiger partial charge in [0.1, 0.15) is 65.6 Å². The number of amides is 12. The molecule has 7 aromatic rings. The second-order valence-electron chi connectivity index (χ2n) is 20.8. The summed E-state index contributed by atoms with van der Waals surface area (Å²) in [4.78, 5) is 128. The number of ketones is 1. The number of aromatic hydroxyl groups is 1. The molecule has 0 spiro atoms. The number of furan rings is 1. The number of terminal acetylenes is 1. The second-order valence-corrected chi connectivity index (χ2v) is 23.0. The zero-order valence-electron chi connectivity index (χ0n) is 52.7. The minimum absolute atomic E-state index is 0.0337. The smallest absolute Gasteiger partial charge is 0.323 e. The number of hydrogen-bond donors (Lipinski definition) is 10. The molecule has 30 nitrogen and oxygen atoms in total. The molecule has 504 valence electrons. The molecule has 12 amide bonds. The average molecular weight is 1510 g/mol. The van der Waals surface area contributed by atoms with Gasteiger partial charge < -0.3 is 65.3 Å². The Kier molecular flexibility index (Phi) is 25.0. The van der Waals surface area contributed by atoms with Gasteiger partial charge >= 0.3 is 24.1 Å². The first-order valence-corrected chi connectivity index (χ1v) is 31.4. The number of rotatable bonds is 17. The second kappa shape index (κ2) is 33.0. The number of methoxy groups -OCH3 is 4. The van der Waals surface area contributed by atoms with E-state index in [0.717, 1.165) is 17.5 Å². The van der Waals surface area contributed by atoms with Crippen molar-refractivity contribution in [3.05, 3.63) is 139 Å². The van der Waals surface area contributed by atoms with Gasteiger partial charge in [-0.15, -0.1) is 6.42 Å². The van der Waals surface area contributed by atoms with Crippen molar-refractivity contribution >= 4 is 130 Å². The maximum absolute atomic E-state index is 13.1. The molecule has 96 heavy (non-hydrogen) atoms. The van der Waals surface area contributed by atoms with Gasteiger partial charge in [-0.3, -0.25) is 45.2 Å². The highest BCUT2D eigenvalue weighted by molar-refractivity contribution is 9.11. The number of nitrogens with two attached hydrogens (primary N) is 1. The highest BCUT2D eigenvalue weighted by Gasteiger charge is 2.53. The minimum atomic E-state index is -1.63. The molecule has 9 heterocycles. The summed E-state index contributed by atoms with van der Waals surface area (Å²) in [5.74, 6) is 4.55. The average Bonchev–Trinajstić information content (AvgIpc) is 1.59. The first-order chi connectivity index (χ1) is 45.8. The molecule has 0 saturated carbocycles. The number of ether oxygens (including phenoxy) is 4. The fraction of sp³-hybridized carbons (Fsp3) is 0.286. The summed E-state index contributed by atoms with van der Waals surface area (Å²) < 4.78 is 27.7. The molecular weight excluding hydrogens is 1450 g/mol. The number of carbonyl (C=O) groups is 9. The highest BCUT2D eigenvalue weighted by Crippen LogP contribution is 2.36. The van der Waals surface area contributed by atoms with Crippen molar-refractivity contribution in [1.29, 1.82) is 0 Å².